The zero-order valence-electron chi connectivity index (χ0n) is 18.7. The molecule has 4 aromatic rings. The second-order valence-electron chi connectivity index (χ2n) is 8.64. The highest BCUT2D eigenvalue weighted by molar-refractivity contribution is 6.00. The van der Waals surface area contributed by atoms with Crippen molar-refractivity contribution in [1.29, 1.82) is 0 Å². The number of fused-ring (bicyclic) bond motifs is 1. The van der Waals surface area contributed by atoms with Crippen LogP contribution in [0.1, 0.15) is 23.2 Å². The van der Waals surface area contributed by atoms with E-state index >= 15 is 0 Å². The molecule has 0 radical (unpaired) electrons. The summed E-state index contributed by atoms with van der Waals surface area (Å²) in [7, 11) is 0. The van der Waals surface area contributed by atoms with E-state index in [1.807, 2.05) is 62.4 Å². The summed E-state index contributed by atoms with van der Waals surface area (Å²) in [6.07, 6.45) is 0.208. The molecular weight excluding hydrogens is 414 g/mol. The van der Waals surface area contributed by atoms with Gasteiger partial charge in [0, 0.05) is 30.3 Å². The van der Waals surface area contributed by atoms with Crippen molar-refractivity contribution >= 4 is 28.3 Å². The fourth-order valence-electron chi connectivity index (χ4n) is 4.22. The molecule has 6 nitrogen and oxygen atoms in total. The van der Waals surface area contributed by atoms with Crippen molar-refractivity contribution in [3.8, 4) is 11.3 Å². The predicted molar refractivity (Wildman–Crippen MR) is 128 cm³/mol. The maximum atomic E-state index is 12.7. The summed E-state index contributed by atoms with van der Waals surface area (Å²) in [5.41, 5.74) is 4.72. The van der Waals surface area contributed by atoms with Crippen LogP contribution in [0.25, 0.3) is 22.1 Å². The lowest BCUT2D eigenvalue weighted by molar-refractivity contribution is -0.126. The molecular formula is C27H25N3O3. The van der Waals surface area contributed by atoms with Crippen LogP contribution in [0.15, 0.2) is 71.3 Å². The van der Waals surface area contributed by atoms with Gasteiger partial charge in [-0.2, -0.15) is 0 Å². The number of amides is 2. The van der Waals surface area contributed by atoms with Gasteiger partial charge in [0.2, 0.25) is 11.8 Å². The largest absolute Gasteiger partial charge is 0.356 e. The second kappa shape index (κ2) is 8.54. The van der Waals surface area contributed by atoms with Gasteiger partial charge in [0.15, 0.2) is 5.76 Å². The molecule has 2 amide bonds. The number of nitrogens with zero attached hydrogens (tertiary/aromatic N) is 2. The molecule has 0 saturated carbocycles. The van der Waals surface area contributed by atoms with Gasteiger partial charge in [0.25, 0.3) is 0 Å². The zero-order chi connectivity index (χ0) is 22.9. The van der Waals surface area contributed by atoms with Crippen molar-refractivity contribution in [3.63, 3.8) is 0 Å². The maximum absolute atomic E-state index is 12.7. The Balaban J connectivity index is 1.22. The van der Waals surface area contributed by atoms with E-state index < -0.39 is 0 Å². The first-order valence-electron chi connectivity index (χ1n) is 11.1. The highest BCUT2D eigenvalue weighted by Gasteiger charge is 2.35. The molecule has 3 aromatic carbocycles. The van der Waals surface area contributed by atoms with Gasteiger partial charge in [-0.3, -0.25) is 9.59 Å². The van der Waals surface area contributed by atoms with Gasteiger partial charge in [0.05, 0.1) is 12.5 Å². The van der Waals surface area contributed by atoms with E-state index in [0.717, 1.165) is 27.6 Å². The Kier molecular flexibility index (Phi) is 5.42. The molecule has 1 fully saturated rings. The molecule has 1 aliphatic heterocycles. The van der Waals surface area contributed by atoms with Crippen molar-refractivity contribution in [2.75, 3.05) is 11.4 Å². The van der Waals surface area contributed by atoms with Crippen LogP contribution in [-0.4, -0.2) is 23.5 Å². The van der Waals surface area contributed by atoms with Gasteiger partial charge in [0.1, 0.15) is 5.69 Å². The van der Waals surface area contributed by atoms with Gasteiger partial charge in [-0.1, -0.05) is 47.6 Å². The topological polar surface area (TPSA) is 75.4 Å². The molecule has 2 heterocycles. The Morgan fingerprint density at radius 2 is 1.85 bits per heavy atom. The summed E-state index contributed by atoms with van der Waals surface area (Å²) in [6.45, 7) is 4.70. The standard InChI is InChI=1S/C27H25N3O3/c1-17-7-10-24(11-18(17)2)30-16-22(13-26(30)31)27(32)28-15-23-14-25(33-29-23)21-9-8-19-5-3-4-6-20(19)12-21/h3-12,14,22H,13,15-16H2,1-2H3,(H,28,32). The quantitative estimate of drug-likeness (QED) is 0.486. The summed E-state index contributed by atoms with van der Waals surface area (Å²) in [5.74, 6) is 0.0938. The number of hydrogen-bond donors (Lipinski definition) is 1. The number of hydrogen-bond acceptors (Lipinski definition) is 4. The number of carbonyl (C=O) groups excluding carboxylic acids is 2. The van der Waals surface area contributed by atoms with Crippen molar-refractivity contribution in [2.45, 2.75) is 26.8 Å². The van der Waals surface area contributed by atoms with E-state index in [0.29, 0.717) is 18.0 Å². The molecule has 1 atom stereocenters. The predicted octanol–water partition coefficient (Wildman–Crippen LogP) is 4.78. The molecule has 1 N–H and O–H groups in total. The van der Waals surface area contributed by atoms with Crippen molar-refractivity contribution in [3.05, 3.63) is 83.6 Å². The van der Waals surface area contributed by atoms with Crippen LogP contribution in [0.3, 0.4) is 0 Å². The van der Waals surface area contributed by atoms with Crippen LogP contribution in [-0.2, 0) is 16.1 Å². The minimum absolute atomic E-state index is 0.0292. The molecule has 6 heteroatoms. The number of benzene rings is 3. The lowest BCUT2D eigenvalue weighted by atomic mass is 10.1. The van der Waals surface area contributed by atoms with Crippen molar-refractivity contribution < 1.29 is 14.1 Å². The minimum atomic E-state index is -0.383. The fourth-order valence-corrected chi connectivity index (χ4v) is 4.22. The first-order chi connectivity index (χ1) is 16.0. The Bertz CT molecular complexity index is 1360. The molecule has 1 aromatic heterocycles. The van der Waals surface area contributed by atoms with Gasteiger partial charge in [-0.05, 0) is 53.9 Å². The summed E-state index contributed by atoms with van der Waals surface area (Å²) >= 11 is 0. The summed E-state index contributed by atoms with van der Waals surface area (Å²) < 4.78 is 5.51. The molecule has 0 bridgehead atoms. The normalized spacial score (nSPS) is 15.9. The third-order valence-corrected chi connectivity index (χ3v) is 6.33. The summed E-state index contributed by atoms with van der Waals surface area (Å²) in [5, 5.41) is 9.29. The van der Waals surface area contributed by atoms with Gasteiger partial charge < -0.3 is 14.7 Å². The minimum Gasteiger partial charge on any atom is -0.356 e. The maximum Gasteiger partial charge on any atom is 0.227 e. The van der Waals surface area contributed by atoms with Gasteiger partial charge >= 0.3 is 0 Å². The van der Waals surface area contributed by atoms with Crippen LogP contribution < -0.4 is 10.2 Å². The average molecular weight is 440 g/mol. The van der Waals surface area contributed by atoms with Crippen LogP contribution in [0.4, 0.5) is 5.69 Å². The average Bonchev–Trinajstić information content (AvgIpc) is 3.46. The first-order valence-corrected chi connectivity index (χ1v) is 11.1. The third kappa shape index (κ3) is 4.24. The lowest BCUT2D eigenvalue weighted by Gasteiger charge is -2.18. The van der Waals surface area contributed by atoms with Gasteiger partial charge in [-0.15, -0.1) is 0 Å². The van der Waals surface area contributed by atoms with E-state index in [1.54, 1.807) is 4.90 Å². The second-order valence-corrected chi connectivity index (χ2v) is 8.64. The number of aryl methyl sites for hydroxylation is 2. The monoisotopic (exact) mass is 439 g/mol. The van der Waals surface area contributed by atoms with Crippen LogP contribution >= 0.6 is 0 Å². The van der Waals surface area contributed by atoms with Crippen molar-refractivity contribution in [1.82, 2.24) is 10.5 Å². The van der Waals surface area contributed by atoms with Crippen LogP contribution in [0, 0.1) is 19.8 Å². The van der Waals surface area contributed by atoms with Crippen molar-refractivity contribution in [2.24, 2.45) is 5.92 Å². The molecule has 1 unspecified atom stereocenters. The number of aromatic nitrogens is 1. The van der Waals surface area contributed by atoms with E-state index in [-0.39, 0.29) is 30.7 Å². The number of carbonyl (C=O) groups is 2. The molecule has 0 aliphatic carbocycles. The number of rotatable bonds is 5. The van der Waals surface area contributed by atoms with E-state index in [1.165, 1.54) is 5.56 Å². The van der Waals surface area contributed by atoms with E-state index in [4.69, 9.17) is 4.52 Å². The fraction of sp³-hybridized carbons (Fsp3) is 0.222. The molecule has 1 aliphatic rings. The molecule has 5 rings (SSSR count). The highest BCUT2D eigenvalue weighted by Crippen LogP contribution is 2.28. The summed E-state index contributed by atoms with van der Waals surface area (Å²) in [6, 6.07) is 22.0. The molecule has 1 saturated heterocycles. The third-order valence-electron chi connectivity index (χ3n) is 6.33. The van der Waals surface area contributed by atoms with Crippen LogP contribution in [0.2, 0.25) is 0 Å². The Morgan fingerprint density at radius 1 is 1.03 bits per heavy atom. The Morgan fingerprint density at radius 3 is 2.67 bits per heavy atom. The smallest absolute Gasteiger partial charge is 0.227 e. The first kappa shape index (κ1) is 20.9. The number of nitrogens with one attached hydrogen (secondary N) is 1. The van der Waals surface area contributed by atoms with Gasteiger partial charge in [-0.25, -0.2) is 0 Å². The lowest BCUT2D eigenvalue weighted by Crippen LogP contribution is -2.32. The Labute approximate surface area is 192 Å². The SMILES string of the molecule is Cc1ccc(N2CC(C(=O)NCc3cc(-c4ccc5ccccc5c4)on3)CC2=O)cc1C. The zero-order valence-corrected chi connectivity index (χ0v) is 18.7. The van der Waals surface area contributed by atoms with Crippen LogP contribution in [0.5, 0.6) is 0 Å². The molecule has 0 spiro atoms. The van der Waals surface area contributed by atoms with E-state index in [2.05, 4.69) is 28.7 Å². The highest BCUT2D eigenvalue weighted by atomic mass is 16.5. The number of anilines is 1. The molecule has 166 valence electrons. The molecule has 33 heavy (non-hydrogen) atoms. The summed E-state index contributed by atoms with van der Waals surface area (Å²) in [4.78, 5) is 27.0. The Hall–Kier alpha value is -3.93. The van der Waals surface area contributed by atoms with E-state index in [9.17, 15) is 9.59 Å².